The molecule has 1 saturated heterocycles. The number of pyridine rings is 1. The molecule has 2 rings (SSSR count). The van der Waals surface area contributed by atoms with Gasteiger partial charge in [0.15, 0.2) is 5.82 Å². The van der Waals surface area contributed by atoms with Crippen molar-refractivity contribution in [1.29, 1.82) is 5.26 Å². The molecule has 2 heterocycles. The molecule has 1 aromatic heterocycles. The van der Waals surface area contributed by atoms with Crippen LogP contribution in [0, 0.1) is 17.2 Å². The maximum absolute atomic E-state index is 9.08. The van der Waals surface area contributed by atoms with Gasteiger partial charge in [-0.25, -0.2) is 4.98 Å². The van der Waals surface area contributed by atoms with Crippen molar-refractivity contribution >= 4 is 11.5 Å². The lowest BCUT2D eigenvalue weighted by atomic mass is 9.98. The number of nitrogen functional groups attached to an aromatic ring is 1. The Hall–Kier alpha value is -1.80. The first-order valence-corrected chi connectivity index (χ1v) is 5.76. The van der Waals surface area contributed by atoms with E-state index in [1.807, 2.05) is 0 Å². The molecule has 1 aromatic rings. The van der Waals surface area contributed by atoms with E-state index in [0.717, 1.165) is 25.9 Å². The molecule has 3 N–H and O–H groups in total. The van der Waals surface area contributed by atoms with Gasteiger partial charge in [-0.05, 0) is 24.8 Å². The fourth-order valence-electron chi connectivity index (χ4n) is 2.14. The molecule has 5 heteroatoms. The van der Waals surface area contributed by atoms with E-state index >= 15 is 0 Å². The van der Waals surface area contributed by atoms with Gasteiger partial charge in [0.25, 0.3) is 0 Å². The van der Waals surface area contributed by atoms with Gasteiger partial charge in [0.05, 0.1) is 11.3 Å². The average Bonchev–Trinajstić information content (AvgIpc) is 2.39. The molecule has 0 unspecified atom stereocenters. The number of piperidine rings is 1. The first-order chi connectivity index (χ1) is 8.26. The summed E-state index contributed by atoms with van der Waals surface area (Å²) in [4.78, 5) is 6.33. The van der Waals surface area contributed by atoms with Gasteiger partial charge in [-0.15, -0.1) is 0 Å². The van der Waals surface area contributed by atoms with Crippen LogP contribution in [0.3, 0.4) is 0 Å². The minimum Gasteiger partial charge on any atom is -0.396 e. The largest absolute Gasteiger partial charge is 0.396 e. The molecule has 0 saturated carbocycles. The fraction of sp³-hybridized carbons (Fsp3) is 0.500. The van der Waals surface area contributed by atoms with E-state index in [-0.39, 0.29) is 6.61 Å². The van der Waals surface area contributed by atoms with Gasteiger partial charge < -0.3 is 15.7 Å². The molecule has 0 amide bonds. The van der Waals surface area contributed by atoms with Gasteiger partial charge in [-0.2, -0.15) is 5.26 Å². The highest BCUT2D eigenvalue weighted by Gasteiger charge is 2.21. The quantitative estimate of drug-likeness (QED) is 0.785. The van der Waals surface area contributed by atoms with E-state index < -0.39 is 0 Å². The fourth-order valence-corrected chi connectivity index (χ4v) is 2.14. The van der Waals surface area contributed by atoms with Gasteiger partial charge in [0.1, 0.15) is 6.07 Å². The Kier molecular flexibility index (Phi) is 3.45. The average molecular weight is 232 g/mol. The molecule has 90 valence electrons. The van der Waals surface area contributed by atoms with Crippen LogP contribution in [-0.4, -0.2) is 29.8 Å². The van der Waals surface area contributed by atoms with Crippen LogP contribution in [0.1, 0.15) is 18.4 Å². The van der Waals surface area contributed by atoms with Gasteiger partial charge in [-0.3, -0.25) is 0 Å². The number of aromatic nitrogens is 1. The number of rotatable bonds is 2. The molecule has 5 nitrogen and oxygen atoms in total. The van der Waals surface area contributed by atoms with Crippen molar-refractivity contribution in [2.75, 3.05) is 30.3 Å². The van der Waals surface area contributed by atoms with Crippen molar-refractivity contribution in [3.05, 3.63) is 17.8 Å². The van der Waals surface area contributed by atoms with Crippen LogP contribution in [0.25, 0.3) is 0 Å². The minimum absolute atomic E-state index is 0.245. The van der Waals surface area contributed by atoms with Crippen molar-refractivity contribution < 1.29 is 5.11 Å². The molecule has 1 aliphatic rings. The second kappa shape index (κ2) is 5.02. The topological polar surface area (TPSA) is 86.2 Å². The van der Waals surface area contributed by atoms with Crippen molar-refractivity contribution in [2.24, 2.45) is 5.92 Å². The van der Waals surface area contributed by atoms with Crippen LogP contribution in [0.2, 0.25) is 0 Å². The number of nitrogens with zero attached hydrogens (tertiary/aromatic N) is 3. The Bertz CT molecular complexity index is 433. The van der Waals surface area contributed by atoms with Gasteiger partial charge >= 0.3 is 0 Å². The first kappa shape index (κ1) is 11.7. The normalized spacial score (nSPS) is 16.8. The van der Waals surface area contributed by atoms with Gasteiger partial charge in [0, 0.05) is 25.9 Å². The Morgan fingerprint density at radius 3 is 2.82 bits per heavy atom. The van der Waals surface area contributed by atoms with Crippen LogP contribution in [-0.2, 0) is 0 Å². The van der Waals surface area contributed by atoms with Gasteiger partial charge in [0.2, 0.25) is 0 Å². The van der Waals surface area contributed by atoms with Crippen molar-refractivity contribution in [1.82, 2.24) is 4.98 Å². The first-order valence-electron chi connectivity index (χ1n) is 5.76. The number of anilines is 2. The van der Waals surface area contributed by atoms with E-state index in [4.69, 9.17) is 16.1 Å². The van der Waals surface area contributed by atoms with E-state index in [2.05, 4.69) is 16.0 Å². The summed E-state index contributed by atoms with van der Waals surface area (Å²) in [5, 5.41) is 18.0. The molecule has 0 aliphatic carbocycles. The standard InChI is InChI=1S/C12H16N4O/c13-7-10-1-4-15-12(11(10)14)16-5-2-9(8-17)3-6-16/h1,4,9,17H,2-3,5-6,8,14H2. The van der Waals surface area contributed by atoms with Crippen molar-refractivity contribution in [3.8, 4) is 6.07 Å². The predicted octanol–water partition coefficient (Wildman–Crippen LogP) is 0.744. The van der Waals surface area contributed by atoms with E-state index in [1.165, 1.54) is 0 Å². The molecule has 1 aliphatic heterocycles. The van der Waals surface area contributed by atoms with Crippen LogP contribution in [0.4, 0.5) is 11.5 Å². The predicted molar refractivity (Wildman–Crippen MR) is 65.4 cm³/mol. The molecule has 0 radical (unpaired) electrons. The summed E-state index contributed by atoms with van der Waals surface area (Å²) in [6.07, 6.45) is 3.49. The lowest BCUT2D eigenvalue weighted by molar-refractivity contribution is 0.203. The maximum Gasteiger partial charge on any atom is 0.153 e. The lowest BCUT2D eigenvalue weighted by Crippen LogP contribution is -2.35. The summed E-state index contributed by atoms with van der Waals surface area (Å²) in [5.74, 6) is 1.08. The molecule has 0 atom stereocenters. The number of nitrogens with two attached hydrogens (primary N) is 1. The van der Waals surface area contributed by atoms with Gasteiger partial charge in [-0.1, -0.05) is 0 Å². The van der Waals surface area contributed by atoms with E-state index in [1.54, 1.807) is 12.3 Å². The maximum atomic E-state index is 9.08. The van der Waals surface area contributed by atoms with Crippen LogP contribution in [0.5, 0.6) is 0 Å². The third-order valence-electron chi connectivity index (χ3n) is 3.26. The Labute approximate surface area is 100 Å². The number of aliphatic hydroxyl groups is 1. The lowest BCUT2D eigenvalue weighted by Gasteiger charge is -2.32. The monoisotopic (exact) mass is 232 g/mol. The summed E-state index contributed by atoms with van der Waals surface area (Å²) in [6, 6.07) is 3.69. The summed E-state index contributed by atoms with van der Waals surface area (Å²) in [6.45, 7) is 1.91. The smallest absolute Gasteiger partial charge is 0.153 e. The summed E-state index contributed by atoms with van der Waals surface area (Å²) in [7, 11) is 0. The molecule has 0 spiro atoms. The summed E-state index contributed by atoms with van der Waals surface area (Å²) < 4.78 is 0. The van der Waals surface area contributed by atoms with Crippen molar-refractivity contribution in [3.63, 3.8) is 0 Å². The van der Waals surface area contributed by atoms with Crippen molar-refractivity contribution in [2.45, 2.75) is 12.8 Å². The third-order valence-corrected chi connectivity index (χ3v) is 3.26. The second-order valence-corrected chi connectivity index (χ2v) is 4.32. The number of aliphatic hydroxyl groups excluding tert-OH is 1. The zero-order valence-corrected chi connectivity index (χ0v) is 9.63. The summed E-state index contributed by atoms with van der Waals surface area (Å²) >= 11 is 0. The number of hydrogen-bond donors (Lipinski definition) is 2. The SMILES string of the molecule is N#Cc1ccnc(N2CCC(CO)CC2)c1N. The molecule has 1 fully saturated rings. The van der Waals surface area contributed by atoms with E-state index in [0.29, 0.717) is 23.0 Å². The highest BCUT2D eigenvalue weighted by atomic mass is 16.3. The molecule has 0 aromatic carbocycles. The van der Waals surface area contributed by atoms with Crippen LogP contribution in [0.15, 0.2) is 12.3 Å². The third kappa shape index (κ3) is 2.32. The molecule has 17 heavy (non-hydrogen) atoms. The molecular weight excluding hydrogens is 216 g/mol. The Morgan fingerprint density at radius 2 is 2.24 bits per heavy atom. The second-order valence-electron chi connectivity index (χ2n) is 4.32. The molecule has 0 bridgehead atoms. The molecular formula is C12H16N4O. The Morgan fingerprint density at radius 1 is 1.53 bits per heavy atom. The highest BCUT2D eigenvalue weighted by molar-refractivity contribution is 5.70. The van der Waals surface area contributed by atoms with Crippen LogP contribution < -0.4 is 10.6 Å². The number of nitriles is 1. The Balaban J connectivity index is 2.16. The minimum atomic E-state index is 0.245. The van der Waals surface area contributed by atoms with Crippen LogP contribution >= 0.6 is 0 Å². The van der Waals surface area contributed by atoms with E-state index in [9.17, 15) is 0 Å². The summed E-state index contributed by atoms with van der Waals surface area (Å²) in [5.41, 5.74) is 6.84. The number of hydrogen-bond acceptors (Lipinski definition) is 5. The highest BCUT2D eigenvalue weighted by Crippen LogP contribution is 2.27. The zero-order valence-electron chi connectivity index (χ0n) is 9.63. The zero-order chi connectivity index (χ0) is 12.3.